The number of nitrogens with one attached hydrogen (secondary N) is 1. The summed E-state index contributed by atoms with van der Waals surface area (Å²) in [7, 11) is 0. The standard InChI is InChI=1S/C28H31N7O6/c1-14-6-17-19(11-34(30)10-16(29)4-3-5-31-24(36)9-32-40)20-12-35-23(25(20)33-22(17)7-15(14)2)8-18-21(27(35)38)13-41-28(39)26(18)37/h6-8,10,26,37H,3-5,9,11-13,29-30H2,1-2H3,(H,31,36)/b16-10-. The molecule has 214 valence electrons. The first kappa shape index (κ1) is 27.9. The number of allylic oxidation sites excluding steroid dienone is 1. The first-order chi connectivity index (χ1) is 19.6. The molecule has 0 spiro atoms. The molecule has 1 aromatic carbocycles. The Bertz CT molecular complexity index is 1680. The molecule has 3 aromatic rings. The van der Waals surface area contributed by atoms with Crippen molar-refractivity contribution in [1.29, 1.82) is 0 Å². The van der Waals surface area contributed by atoms with Crippen LogP contribution in [0, 0.1) is 18.8 Å². The Labute approximate surface area is 234 Å². The number of nitrogens with zero attached hydrogens (tertiary/aromatic N) is 4. The Kier molecular flexibility index (Phi) is 7.56. The molecule has 13 nitrogen and oxygen atoms in total. The molecular weight excluding hydrogens is 530 g/mol. The molecular formula is C28H31N7O6. The average Bonchev–Trinajstić information content (AvgIpc) is 3.29. The number of carbonyl (C=O) groups excluding carboxylic acids is 2. The number of aliphatic hydroxyl groups excluding tert-OH is 1. The van der Waals surface area contributed by atoms with Crippen molar-refractivity contribution >= 4 is 22.8 Å². The Hall–Kier alpha value is -4.62. The van der Waals surface area contributed by atoms with Gasteiger partial charge in [0.15, 0.2) is 12.6 Å². The number of fused-ring (bicyclic) bond motifs is 5. The number of nitrogens with two attached hydrogens (primary N) is 2. The minimum Gasteiger partial charge on any atom is -0.458 e. The number of nitroso groups, excluding NO2 is 1. The molecule has 2 aromatic heterocycles. The number of hydrogen-bond acceptors (Lipinski definition) is 11. The summed E-state index contributed by atoms with van der Waals surface area (Å²) in [5.74, 6) is 5.17. The molecule has 13 heteroatoms. The van der Waals surface area contributed by atoms with E-state index in [1.54, 1.807) is 16.8 Å². The van der Waals surface area contributed by atoms with Crippen LogP contribution >= 0.6 is 0 Å². The van der Waals surface area contributed by atoms with Gasteiger partial charge in [0.05, 0.1) is 35.6 Å². The van der Waals surface area contributed by atoms with Gasteiger partial charge in [-0.15, -0.1) is 0 Å². The number of aliphatic hydroxyl groups is 1. The number of benzene rings is 1. The van der Waals surface area contributed by atoms with Crippen LogP contribution < -0.4 is 22.5 Å². The number of cyclic esters (lactones) is 1. The second-order valence-corrected chi connectivity index (χ2v) is 10.4. The van der Waals surface area contributed by atoms with Crippen molar-refractivity contribution in [3.8, 4) is 11.4 Å². The van der Waals surface area contributed by atoms with Crippen LogP contribution in [0.15, 0.2) is 40.1 Å². The summed E-state index contributed by atoms with van der Waals surface area (Å²) in [4.78, 5) is 51.9. The molecule has 2 aliphatic heterocycles. The van der Waals surface area contributed by atoms with Gasteiger partial charge in [-0.3, -0.25) is 9.59 Å². The molecule has 41 heavy (non-hydrogen) atoms. The predicted molar refractivity (Wildman–Crippen MR) is 150 cm³/mol. The van der Waals surface area contributed by atoms with Crippen LogP contribution in [0.1, 0.15) is 52.3 Å². The molecule has 6 N–H and O–H groups in total. The number of esters is 1. The Balaban J connectivity index is 1.49. The minimum atomic E-state index is -1.53. The first-order valence-electron chi connectivity index (χ1n) is 13.2. The number of carbonyl (C=O) groups is 2. The fourth-order valence-corrected chi connectivity index (χ4v) is 5.29. The minimum absolute atomic E-state index is 0.195. The summed E-state index contributed by atoms with van der Waals surface area (Å²) < 4.78 is 6.59. The summed E-state index contributed by atoms with van der Waals surface area (Å²) in [5, 5.41) is 17.9. The number of hydrazine groups is 1. The average molecular weight is 562 g/mol. The third-order valence-corrected chi connectivity index (χ3v) is 7.53. The first-order valence-corrected chi connectivity index (χ1v) is 13.2. The quantitative estimate of drug-likeness (QED) is 0.0759. The molecule has 1 amide bonds. The van der Waals surface area contributed by atoms with E-state index in [4.69, 9.17) is 21.3 Å². The van der Waals surface area contributed by atoms with Gasteiger partial charge in [0, 0.05) is 35.0 Å². The SMILES string of the molecule is Cc1cc2nc3c(c(CN(N)/C=C(\N)CCCNC(=O)CN=O)c2cc1C)Cn1c-3cc2c(c1=O)COC(=O)C2O. The monoisotopic (exact) mass is 561 g/mol. The lowest BCUT2D eigenvalue weighted by Crippen LogP contribution is -2.32. The Morgan fingerprint density at radius 3 is 2.78 bits per heavy atom. The zero-order chi connectivity index (χ0) is 29.4. The second-order valence-electron chi connectivity index (χ2n) is 10.4. The molecule has 4 heterocycles. The number of ether oxygens (including phenoxy) is 1. The van der Waals surface area contributed by atoms with Gasteiger partial charge in [-0.1, -0.05) is 5.18 Å². The van der Waals surface area contributed by atoms with Crippen molar-refractivity contribution in [2.24, 2.45) is 16.8 Å². The van der Waals surface area contributed by atoms with Crippen LogP contribution in [-0.4, -0.2) is 44.6 Å². The van der Waals surface area contributed by atoms with Crippen LogP contribution in [0.3, 0.4) is 0 Å². The molecule has 0 aliphatic carbocycles. The maximum atomic E-state index is 13.4. The highest BCUT2D eigenvalue weighted by molar-refractivity contribution is 5.89. The fourth-order valence-electron chi connectivity index (χ4n) is 5.29. The molecule has 1 unspecified atom stereocenters. The number of aromatic nitrogens is 2. The lowest BCUT2D eigenvalue weighted by Gasteiger charge is -2.21. The highest BCUT2D eigenvalue weighted by Crippen LogP contribution is 2.38. The Morgan fingerprint density at radius 1 is 1.27 bits per heavy atom. The van der Waals surface area contributed by atoms with Gasteiger partial charge < -0.3 is 30.5 Å². The van der Waals surface area contributed by atoms with E-state index in [2.05, 4.69) is 16.6 Å². The lowest BCUT2D eigenvalue weighted by atomic mass is 9.96. The summed E-state index contributed by atoms with van der Waals surface area (Å²) in [6.45, 7) is 4.25. The summed E-state index contributed by atoms with van der Waals surface area (Å²) in [6.07, 6.45) is 1.11. The van der Waals surface area contributed by atoms with Gasteiger partial charge in [-0.05, 0) is 61.6 Å². The van der Waals surface area contributed by atoms with Gasteiger partial charge in [-0.2, -0.15) is 4.91 Å². The zero-order valence-electron chi connectivity index (χ0n) is 22.8. The molecule has 0 fully saturated rings. The summed E-state index contributed by atoms with van der Waals surface area (Å²) in [5.41, 5.74) is 12.5. The number of amides is 1. The lowest BCUT2D eigenvalue weighted by molar-refractivity contribution is -0.157. The molecule has 5 rings (SSSR count). The van der Waals surface area contributed by atoms with Crippen LogP contribution in [0.25, 0.3) is 22.3 Å². The highest BCUT2D eigenvalue weighted by Gasteiger charge is 2.34. The van der Waals surface area contributed by atoms with Crippen molar-refractivity contribution in [2.75, 3.05) is 13.1 Å². The van der Waals surface area contributed by atoms with Crippen LogP contribution in [0.4, 0.5) is 0 Å². The molecule has 0 saturated carbocycles. The normalized spacial score (nSPS) is 15.7. The van der Waals surface area contributed by atoms with E-state index in [0.29, 0.717) is 36.5 Å². The summed E-state index contributed by atoms with van der Waals surface area (Å²) in [6, 6.07) is 5.69. The van der Waals surface area contributed by atoms with Gasteiger partial charge in [0.2, 0.25) is 5.91 Å². The maximum Gasteiger partial charge on any atom is 0.340 e. The van der Waals surface area contributed by atoms with Crippen molar-refractivity contribution < 1.29 is 19.4 Å². The molecule has 2 aliphatic rings. The number of rotatable bonds is 9. The van der Waals surface area contributed by atoms with Crippen LogP contribution in [0.2, 0.25) is 0 Å². The smallest absolute Gasteiger partial charge is 0.340 e. The van der Waals surface area contributed by atoms with E-state index in [0.717, 1.165) is 33.2 Å². The third-order valence-electron chi connectivity index (χ3n) is 7.53. The molecule has 1 atom stereocenters. The number of hydrogen-bond donors (Lipinski definition) is 4. The topological polar surface area (TPSA) is 195 Å². The highest BCUT2D eigenvalue weighted by atomic mass is 16.5. The van der Waals surface area contributed by atoms with Gasteiger partial charge in [0.25, 0.3) is 5.56 Å². The fraction of sp³-hybridized carbons (Fsp3) is 0.357. The molecule has 0 bridgehead atoms. The van der Waals surface area contributed by atoms with Crippen LogP contribution in [-0.2, 0) is 34.0 Å². The Morgan fingerprint density at radius 2 is 2.02 bits per heavy atom. The maximum absolute atomic E-state index is 13.4. The van der Waals surface area contributed by atoms with Crippen molar-refractivity contribution in [3.63, 3.8) is 0 Å². The van der Waals surface area contributed by atoms with E-state index in [9.17, 15) is 24.4 Å². The van der Waals surface area contributed by atoms with E-state index in [1.807, 2.05) is 19.9 Å². The van der Waals surface area contributed by atoms with Gasteiger partial charge in [-0.25, -0.2) is 15.6 Å². The second kappa shape index (κ2) is 11.1. The van der Waals surface area contributed by atoms with E-state index in [-0.39, 0.29) is 36.4 Å². The van der Waals surface area contributed by atoms with Crippen molar-refractivity contribution in [1.82, 2.24) is 19.9 Å². The van der Waals surface area contributed by atoms with Gasteiger partial charge >= 0.3 is 5.97 Å². The number of pyridine rings is 2. The van der Waals surface area contributed by atoms with Crippen molar-refractivity contribution in [2.45, 2.75) is 52.5 Å². The molecule has 0 saturated heterocycles. The van der Waals surface area contributed by atoms with Crippen molar-refractivity contribution in [3.05, 3.63) is 78.7 Å². The predicted octanol–water partition coefficient (Wildman–Crippen LogP) is 1.27. The molecule has 0 radical (unpaired) electrons. The third kappa shape index (κ3) is 5.28. The summed E-state index contributed by atoms with van der Waals surface area (Å²) >= 11 is 0. The van der Waals surface area contributed by atoms with Gasteiger partial charge in [0.1, 0.15) is 6.61 Å². The van der Waals surface area contributed by atoms with E-state index >= 15 is 0 Å². The van der Waals surface area contributed by atoms with E-state index in [1.165, 1.54) is 5.01 Å². The van der Waals surface area contributed by atoms with E-state index < -0.39 is 24.5 Å². The zero-order valence-corrected chi connectivity index (χ0v) is 22.8. The van der Waals surface area contributed by atoms with Crippen LogP contribution in [0.5, 0.6) is 0 Å². The number of aryl methyl sites for hydroxylation is 2. The largest absolute Gasteiger partial charge is 0.458 e.